The average Bonchev–Trinajstić information content (AvgIpc) is 2.26. The third kappa shape index (κ3) is 6.73. The lowest BCUT2D eigenvalue weighted by molar-refractivity contribution is -0.120. The number of hydrogen-bond acceptors (Lipinski definition) is 4. The summed E-state index contributed by atoms with van der Waals surface area (Å²) in [5.74, 6) is 0.204. The zero-order chi connectivity index (χ0) is 11.7. The van der Waals surface area contributed by atoms with Gasteiger partial charge < -0.3 is 21.6 Å². The molecule has 1 atom stereocenters. The van der Waals surface area contributed by atoms with E-state index in [0.29, 0.717) is 19.4 Å². The molecule has 0 aromatic heterocycles. The molecule has 0 rings (SSSR count). The van der Waals surface area contributed by atoms with Gasteiger partial charge in [-0.1, -0.05) is 12.1 Å². The number of carbonyl (C=O) groups is 1. The Morgan fingerprint density at radius 1 is 1.60 bits per heavy atom. The fraction of sp³-hybridized carbons (Fsp3) is 0.778. The number of amides is 1. The quantitative estimate of drug-likeness (QED) is 0.202. The van der Waals surface area contributed by atoms with E-state index < -0.39 is 0 Å². The standard InChI is InChI=1S/C9H20N4O2/c1-3-7(6-8(10)13-15)12-5-4-9(14)11-2/h7,12,15H,3-6H2,1-2H3,(H2,10,13)(H,11,14). The summed E-state index contributed by atoms with van der Waals surface area (Å²) in [6.45, 7) is 2.60. The van der Waals surface area contributed by atoms with Gasteiger partial charge in [0.2, 0.25) is 5.91 Å². The van der Waals surface area contributed by atoms with Crippen LogP contribution in [0.15, 0.2) is 5.16 Å². The van der Waals surface area contributed by atoms with Gasteiger partial charge in [-0.25, -0.2) is 0 Å². The van der Waals surface area contributed by atoms with Crippen molar-refractivity contribution in [3.05, 3.63) is 0 Å². The molecule has 0 aliphatic heterocycles. The predicted molar refractivity (Wildman–Crippen MR) is 58.8 cm³/mol. The first-order valence-corrected chi connectivity index (χ1v) is 5.04. The number of rotatable bonds is 7. The minimum Gasteiger partial charge on any atom is -0.409 e. The van der Waals surface area contributed by atoms with Crippen molar-refractivity contribution in [2.75, 3.05) is 13.6 Å². The Balaban J connectivity index is 3.75. The third-order valence-corrected chi connectivity index (χ3v) is 2.14. The van der Waals surface area contributed by atoms with E-state index in [-0.39, 0.29) is 17.8 Å². The zero-order valence-electron chi connectivity index (χ0n) is 9.29. The smallest absolute Gasteiger partial charge is 0.221 e. The predicted octanol–water partition coefficient (Wildman–Crippen LogP) is -0.373. The number of amidine groups is 1. The van der Waals surface area contributed by atoms with E-state index in [1.807, 2.05) is 6.92 Å². The van der Waals surface area contributed by atoms with Crippen molar-refractivity contribution in [3.63, 3.8) is 0 Å². The van der Waals surface area contributed by atoms with Crippen molar-refractivity contribution in [3.8, 4) is 0 Å². The summed E-state index contributed by atoms with van der Waals surface area (Å²) in [5.41, 5.74) is 5.39. The summed E-state index contributed by atoms with van der Waals surface area (Å²) in [7, 11) is 1.61. The first kappa shape index (κ1) is 13.7. The Hall–Kier alpha value is -1.30. The molecule has 0 radical (unpaired) electrons. The Bertz CT molecular complexity index is 218. The van der Waals surface area contributed by atoms with Crippen molar-refractivity contribution in [2.45, 2.75) is 32.2 Å². The fourth-order valence-electron chi connectivity index (χ4n) is 1.17. The van der Waals surface area contributed by atoms with Gasteiger partial charge in [0, 0.05) is 32.5 Å². The molecule has 5 N–H and O–H groups in total. The molecule has 88 valence electrons. The number of nitrogens with zero attached hydrogens (tertiary/aromatic N) is 1. The molecule has 0 aliphatic rings. The number of nitrogens with two attached hydrogens (primary N) is 1. The van der Waals surface area contributed by atoms with Crippen LogP contribution in [-0.4, -0.2) is 36.6 Å². The van der Waals surface area contributed by atoms with Crippen LogP contribution in [0.1, 0.15) is 26.2 Å². The maximum atomic E-state index is 10.9. The summed E-state index contributed by atoms with van der Waals surface area (Å²) >= 11 is 0. The number of carbonyl (C=O) groups excluding carboxylic acids is 1. The Kier molecular flexibility index (Phi) is 7.35. The maximum Gasteiger partial charge on any atom is 0.221 e. The average molecular weight is 216 g/mol. The van der Waals surface area contributed by atoms with Crippen LogP contribution in [0.4, 0.5) is 0 Å². The highest BCUT2D eigenvalue weighted by Crippen LogP contribution is 1.97. The van der Waals surface area contributed by atoms with Gasteiger partial charge in [0.15, 0.2) is 0 Å². The summed E-state index contributed by atoms with van der Waals surface area (Å²) in [4.78, 5) is 10.9. The molecule has 0 aliphatic carbocycles. The second-order valence-electron chi connectivity index (χ2n) is 3.28. The van der Waals surface area contributed by atoms with Crippen LogP contribution in [0.5, 0.6) is 0 Å². The van der Waals surface area contributed by atoms with Crippen molar-refractivity contribution in [2.24, 2.45) is 10.9 Å². The van der Waals surface area contributed by atoms with Crippen molar-refractivity contribution in [1.29, 1.82) is 0 Å². The highest BCUT2D eigenvalue weighted by atomic mass is 16.4. The normalized spacial score (nSPS) is 13.6. The lowest BCUT2D eigenvalue weighted by Crippen LogP contribution is -2.35. The molecule has 6 heteroatoms. The minimum absolute atomic E-state index is 0.00107. The molecular weight excluding hydrogens is 196 g/mol. The van der Waals surface area contributed by atoms with Crippen molar-refractivity contribution in [1.82, 2.24) is 10.6 Å². The van der Waals surface area contributed by atoms with Gasteiger partial charge in [-0.2, -0.15) is 0 Å². The number of hydrogen-bond donors (Lipinski definition) is 4. The largest absolute Gasteiger partial charge is 0.409 e. The molecule has 1 amide bonds. The van der Waals surface area contributed by atoms with E-state index in [2.05, 4.69) is 15.8 Å². The van der Waals surface area contributed by atoms with Gasteiger partial charge in [0.25, 0.3) is 0 Å². The lowest BCUT2D eigenvalue weighted by Gasteiger charge is -2.15. The maximum absolute atomic E-state index is 10.9. The van der Waals surface area contributed by atoms with Crippen LogP contribution in [0.25, 0.3) is 0 Å². The number of nitrogens with one attached hydrogen (secondary N) is 2. The molecule has 0 heterocycles. The van der Waals surface area contributed by atoms with Crippen molar-refractivity contribution >= 4 is 11.7 Å². The highest BCUT2D eigenvalue weighted by molar-refractivity contribution is 5.80. The zero-order valence-corrected chi connectivity index (χ0v) is 9.29. The topological polar surface area (TPSA) is 99.7 Å². The molecule has 1 unspecified atom stereocenters. The summed E-state index contributed by atoms with van der Waals surface area (Å²) in [6, 6.07) is 0.144. The van der Waals surface area contributed by atoms with Crippen LogP contribution in [0, 0.1) is 0 Å². The third-order valence-electron chi connectivity index (χ3n) is 2.14. The molecule has 0 bridgehead atoms. The molecule has 0 aromatic rings. The minimum atomic E-state index is 0.00107. The highest BCUT2D eigenvalue weighted by Gasteiger charge is 2.08. The monoisotopic (exact) mass is 216 g/mol. The second-order valence-corrected chi connectivity index (χ2v) is 3.28. The van der Waals surface area contributed by atoms with E-state index in [9.17, 15) is 4.79 Å². The van der Waals surface area contributed by atoms with Crippen molar-refractivity contribution < 1.29 is 10.0 Å². The van der Waals surface area contributed by atoms with Crippen LogP contribution < -0.4 is 16.4 Å². The van der Waals surface area contributed by atoms with Gasteiger partial charge in [0.1, 0.15) is 5.84 Å². The van der Waals surface area contributed by atoms with Crippen LogP contribution in [0.3, 0.4) is 0 Å². The number of oxime groups is 1. The van der Waals surface area contributed by atoms with E-state index in [0.717, 1.165) is 6.42 Å². The molecule has 0 aromatic carbocycles. The lowest BCUT2D eigenvalue weighted by atomic mass is 10.1. The van der Waals surface area contributed by atoms with E-state index in [1.54, 1.807) is 7.05 Å². The van der Waals surface area contributed by atoms with E-state index in [1.165, 1.54) is 0 Å². The molecular formula is C9H20N4O2. The van der Waals surface area contributed by atoms with E-state index >= 15 is 0 Å². The second kappa shape index (κ2) is 8.05. The summed E-state index contributed by atoms with van der Waals surface area (Å²) in [5, 5.41) is 17.0. The Labute approximate surface area is 89.9 Å². The first-order valence-electron chi connectivity index (χ1n) is 5.04. The Morgan fingerprint density at radius 3 is 2.73 bits per heavy atom. The van der Waals surface area contributed by atoms with Crippen LogP contribution in [-0.2, 0) is 4.79 Å². The molecule has 6 nitrogen and oxygen atoms in total. The van der Waals surface area contributed by atoms with Gasteiger partial charge in [0.05, 0.1) is 0 Å². The van der Waals surface area contributed by atoms with Gasteiger partial charge in [-0.3, -0.25) is 4.79 Å². The molecule has 15 heavy (non-hydrogen) atoms. The van der Waals surface area contributed by atoms with E-state index in [4.69, 9.17) is 10.9 Å². The van der Waals surface area contributed by atoms with Gasteiger partial charge >= 0.3 is 0 Å². The summed E-state index contributed by atoms with van der Waals surface area (Å²) in [6.07, 6.45) is 1.79. The fourth-order valence-corrected chi connectivity index (χ4v) is 1.17. The van der Waals surface area contributed by atoms with Gasteiger partial charge in [-0.15, -0.1) is 0 Å². The molecule has 0 saturated carbocycles. The van der Waals surface area contributed by atoms with Crippen LogP contribution in [0.2, 0.25) is 0 Å². The molecule has 0 fully saturated rings. The SMILES string of the molecule is CCC(CC(N)=NO)NCCC(=O)NC. The van der Waals surface area contributed by atoms with Crippen LogP contribution >= 0.6 is 0 Å². The summed E-state index contributed by atoms with van der Waals surface area (Å²) < 4.78 is 0. The molecule has 0 saturated heterocycles. The van der Waals surface area contributed by atoms with Gasteiger partial charge in [-0.05, 0) is 6.42 Å². The molecule has 0 spiro atoms. The first-order chi connectivity index (χ1) is 7.13. The Morgan fingerprint density at radius 2 is 2.27 bits per heavy atom.